The number of aromatic amines is 1. The lowest BCUT2D eigenvalue weighted by molar-refractivity contribution is 0.371. The van der Waals surface area contributed by atoms with E-state index in [0.29, 0.717) is 22.4 Å². The second-order valence-corrected chi connectivity index (χ2v) is 13.3. The molecule has 0 unspecified atom stereocenters. The summed E-state index contributed by atoms with van der Waals surface area (Å²) >= 11 is 7.03. The zero-order valence-electron chi connectivity index (χ0n) is 21.3. The Balaban J connectivity index is 1.60. The van der Waals surface area contributed by atoms with Crippen molar-refractivity contribution in [1.82, 2.24) is 9.40 Å². The van der Waals surface area contributed by atoms with Crippen LogP contribution in [0.25, 0.3) is 22.0 Å². The highest BCUT2D eigenvalue weighted by Crippen LogP contribution is 2.40. The molecule has 1 aliphatic rings. The van der Waals surface area contributed by atoms with Crippen molar-refractivity contribution in [1.29, 1.82) is 0 Å². The van der Waals surface area contributed by atoms with Crippen LogP contribution in [-0.2, 0) is 10.0 Å². The summed E-state index contributed by atoms with van der Waals surface area (Å²) < 4.78 is 30.9. The fourth-order valence-corrected chi connectivity index (χ4v) is 7.12. The van der Waals surface area contributed by atoms with Gasteiger partial charge in [0, 0.05) is 31.8 Å². The van der Waals surface area contributed by atoms with Gasteiger partial charge in [-0.3, -0.25) is 4.79 Å². The highest BCUT2D eigenvalue weighted by molar-refractivity contribution is 9.10. The van der Waals surface area contributed by atoms with Crippen LogP contribution in [0.3, 0.4) is 0 Å². The summed E-state index contributed by atoms with van der Waals surface area (Å²) in [5.41, 5.74) is 4.41. The highest BCUT2D eigenvalue weighted by Gasteiger charge is 2.39. The molecular formula is C31H23Br2N3O3S. The first-order valence-corrected chi connectivity index (χ1v) is 15.6. The number of hydrogen-bond acceptors (Lipinski definition) is 4. The second-order valence-electron chi connectivity index (χ2n) is 9.67. The summed E-state index contributed by atoms with van der Waals surface area (Å²) in [6.07, 6.45) is 0.231. The van der Waals surface area contributed by atoms with Crippen molar-refractivity contribution >= 4 is 58.5 Å². The van der Waals surface area contributed by atoms with Crippen LogP contribution in [0.5, 0.6) is 0 Å². The van der Waals surface area contributed by atoms with E-state index in [1.807, 2.05) is 79.7 Å². The Hall–Kier alpha value is -3.53. The normalized spacial score (nSPS) is 15.4. The highest BCUT2D eigenvalue weighted by atomic mass is 79.9. The van der Waals surface area contributed by atoms with Gasteiger partial charge in [-0.05, 0) is 60.5 Å². The average molecular weight is 677 g/mol. The van der Waals surface area contributed by atoms with Gasteiger partial charge in [0.05, 0.1) is 22.2 Å². The van der Waals surface area contributed by atoms with Crippen LogP contribution in [0.2, 0.25) is 0 Å². The summed E-state index contributed by atoms with van der Waals surface area (Å²) in [6, 6.07) is 28.9. The van der Waals surface area contributed by atoms with Gasteiger partial charge in [0.25, 0.3) is 15.6 Å². The molecule has 1 atom stereocenters. The molecular weight excluding hydrogens is 654 g/mol. The first-order valence-electron chi connectivity index (χ1n) is 12.6. The van der Waals surface area contributed by atoms with Crippen LogP contribution >= 0.6 is 31.9 Å². The molecule has 1 N–H and O–H groups in total. The molecule has 0 radical (unpaired) electrons. The lowest BCUT2D eigenvalue weighted by atomic mass is 9.91. The van der Waals surface area contributed by atoms with Gasteiger partial charge in [0.1, 0.15) is 0 Å². The van der Waals surface area contributed by atoms with Crippen LogP contribution in [-0.4, -0.2) is 23.5 Å². The first-order chi connectivity index (χ1) is 19.2. The third-order valence-corrected chi connectivity index (χ3v) is 9.74. The molecule has 5 aromatic rings. The Morgan fingerprint density at radius 2 is 1.52 bits per heavy atom. The standard InChI is InChI=1S/C31H23Br2N3O3S/c1-19-7-14-24(15-8-19)40(38,39)36-28(20-9-11-22(32)12-10-20)18-27(35-36)30-29(21-5-3-2-4-6-21)25-17-23(33)13-16-26(25)34-31(30)37/h2-17,28H,18H2,1H3,(H,34,37)/t28-/m0/s1. The van der Waals surface area contributed by atoms with Crippen molar-refractivity contribution in [3.63, 3.8) is 0 Å². The fraction of sp³-hybridized carbons (Fsp3) is 0.0968. The summed E-state index contributed by atoms with van der Waals surface area (Å²) in [5.74, 6) is 0. The van der Waals surface area contributed by atoms with Gasteiger partial charge in [0.2, 0.25) is 0 Å². The van der Waals surface area contributed by atoms with Crippen LogP contribution < -0.4 is 5.56 Å². The van der Waals surface area contributed by atoms with E-state index in [1.165, 1.54) is 0 Å². The SMILES string of the molecule is Cc1ccc(S(=O)(=O)N2N=C(c3c(-c4ccccc4)c4cc(Br)ccc4[nH]c3=O)C[C@H]2c2ccc(Br)cc2)cc1. The van der Waals surface area contributed by atoms with Crippen molar-refractivity contribution < 1.29 is 8.42 Å². The molecule has 0 fully saturated rings. The molecule has 0 spiro atoms. The molecule has 200 valence electrons. The van der Waals surface area contributed by atoms with Crippen LogP contribution in [0.4, 0.5) is 0 Å². The third-order valence-electron chi connectivity index (χ3n) is 7.02. The van der Waals surface area contributed by atoms with Gasteiger partial charge < -0.3 is 4.98 Å². The Labute approximate surface area is 248 Å². The van der Waals surface area contributed by atoms with Gasteiger partial charge in [-0.1, -0.05) is 92.0 Å². The number of H-pyrrole nitrogens is 1. The van der Waals surface area contributed by atoms with Gasteiger partial charge >= 0.3 is 0 Å². The largest absolute Gasteiger partial charge is 0.321 e. The van der Waals surface area contributed by atoms with Crippen molar-refractivity contribution in [2.24, 2.45) is 5.10 Å². The molecule has 0 bridgehead atoms. The number of pyridine rings is 1. The minimum Gasteiger partial charge on any atom is -0.321 e. The van der Waals surface area contributed by atoms with Crippen LogP contribution in [0.15, 0.2) is 121 Å². The zero-order chi connectivity index (χ0) is 28.0. The number of aryl methyl sites for hydroxylation is 1. The van der Waals surface area contributed by atoms with Crippen LogP contribution in [0.1, 0.15) is 29.2 Å². The monoisotopic (exact) mass is 675 g/mol. The van der Waals surface area contributed by atoms with E-state index in [9.17, 15) is 13.2 Å². The number of aromatic nitrogens is 1. The van der Waals surface area contributed by atoms with E-state index >= 15 is 0 Å². The molecule has 4 aromatic carbocycles. The van der Waals surface area contributed by atoms with E-state index in [-0.39, 0.29) is 16.9 Å². The number of hydrogen-bond donors (Lipinski definition) is 1. The molecule has 6 nitrogen and oxygen atoms in total. The maximum Gasteiger partial charge on any atom is 0.279 e. The topological polar surface area (TPSA) is 82.6 Å². The number of hydrazone groups is 1. The van der Waals surface area contributed by atoms with E-state index in [4.69, 9.17) is 5.10 Å². The Kier molecular flexibility index (Phi) is 6.98. The number of fused-ring (bicyclic) bond motifs is 1. The van der Waals surface area contributed by atoms with Gasteiger partial charge in [-0.15, -0.1) is 0 Å². The molecule has 1 aromatic heterocycles. The number of nitrogens with zero attached hydrogens (tertiary/aromatic N) is 2. The zero-order valence-corrected chi connectivity index (χ0v) is 25.3. The molecule has 0 saturated carbocycles. The molecule has 0 aliphatic carbocycles. The molecule has 2 heterocycles. The van der Waals surface area contributed by atoms with Crippen molar-refractivity contribution in [3.8, 4) is 11.1 Å². The van der Waals surface area contributed by atoms with Gasteiger partial charge in [-0.25, -0.2) is 0 Å². The summed E-state index contributed by atoms with van der Waals surface area (Å²) in [7, 11) is -4.03. The smallest absolute Gasteiger partial charge is 0.279 e. The lowest BCUT2D eigenvalue weighted by Crippen LogP contribution is -2.27. The lowest BCUT2D eigenvalue weighted by Gasteiger charge is -2.23. The van der Waals surface area contributed by atoms with Gasteiger partial charge in [0.15, 0.2) is 0 Å². The number of benzene rings is 4. The number of sulfonamides is 1. The Morgan fingerprint density at radius 1 is 0.850 bits per heavy atom. The predicted molar refractivity (Wildman–Crippen MR) is 166 cm³/mol. The molecule has 9 heteroatoms. The van der Waals surface area contributed by atoms with E-state index in [0.717, 1.165) is 35.4 Å². The maximum absolute atomic E-state index is 14.0. The minimum atomic E-state index is -4.03. The Bertz CT molecular complexity index is 1940. The molecule has 1 aliphatic heterocycles. The summed E-state index contributed by atoms with van der Waals surface area (Å²) in [5, 5.41) is 5.54. The minimum absolute atomic E-state index is 0.143. The summed E-state index contributed by atoms with van der Waals surface area (Å²) in [6.45, 7) is 1.91. The summed E-state index contributed by atoms with van der Waals surface area (Å²) in [4.78, 5) is 16.9. The molecule has 6 rings (SSSR count). The quantitative estimate of drug-likeness (QED) is 0.209. The Morgan fingerprint density at radius 3 is 2.23 bits per heavy atom. The third kappa shape index (κ3) is 4.82. The number of nitrogens with one attached hydrogen (secondary N) is 1. The second kappa shape index (κ2) is 10.5. The number of rotatable bonds is 5. The molecule has 0 amide bonds. The van der Waals surface area contributed by atoms with E-state index < -0.39 is 16.1 Å². The van der Waals surface area contributed by atoms with Crippen molar-refractivity contribution in [2.45, 2.75) is 24.3 Å². The van der Waals surface area contributed by atoms with Gasteiger partial charge in [-0.2, -0.15) is 17.9 Å². The van der Waals surface area contributed by atoms with Crippen LogP contribution in [0, 0.1) is 6.92 Å². The van der Waals surface area contributed by atoms with Crippen molar-refractivity contribution in [3.05, 3.63) is 133 Å². The van der Waals surface area contributed by atoms with E-state index in [1.54, 1.807) is 24.3 Å². The number of halogens is 2. The fourth-order valence-electron chi connectivity index (χ4n) is 5.06. The first kappa shape index (κ1) is 26.7. The predicted octanol–water partition coefficient (Wildman–Crippen LogP) is 7.57. The molecule has 0 saturated heterocycles. The van der Waals surface area contributed by atoms with Crippen molar-refractivity contribution in [2.75, 3.05) is 0 Å². The average Bonchev–Trinajstić information content (AvgIpc) is 3.40. The molecule has 40 heavy (non-hydrogen) atoms. The van der Waals surface area contributed by atoms with E-state index in [2.05, 4.69) is 36.8 Å². The maximum atomic E-state index is 14.0.